The van der Waals surface area contributed by atoms with E-state index in [-0.39, 0.29) is 6.54 Å². The lowest BCUT2D eigenvalue weighted by molar-refractivity contribution is -0.159. The summed E-state index contributed by atoms with van der Waals surface area (Å²) in [5, 5.41) is 9.81. The fourth-order valence-corrected chi connectivity index (χ4v) is 1.44. The molecular formula is C11H18N2O3. The molecule has 5 nitrogen and oxygen atoms in total. The van der Waals surface area contributed by atoms with Crippen LogP contribution in [-0.2, 0) is 9.53 Å². The fraction of sp³-hybridized carbons (Fsp3) is 0.545. The molecular weight excluding hydrogens is 208 g/mol. The maximum absolute atomic E-state index is 11.2. The van der Waals surface area contributed by atoms with Crippen molar-refractivity contribution in [3.63, 3.8) is 0 Å². The van der Waals surface area contributed by atoms with Crippen LogP contribution in [0.2, 0.25) is 0 Å². The normalized spacial score (nSPS) is 14.3. The Balaban J connectivity index is 2.68. The summed E-state index contributed by atoms with van der Waals surface area (Å²) in [5.74, 6) is -0.650. The van der Waals surface area contributed by atoms with Crippen LogP contribution in [0, 0.1) is 13.8 Å². The number of esters is 1. The highest BCUT2D eigenvalue weighted by Gasteiger charge is 2.31. The summed E-state index contributed by atoms with van der Waals surface area (Å²) in [6.45, 7) is 5.38. The minimum Gasteiger partial charge on any atom is -0.467 e. The smallest absolute Gasteiger partial charge is 0.339 e. The van der Waals surface area contributed by atoms with Gasteiger partial charge < -0.3 is 15.3 Å². The van der Waals surface area contributed by atoms with Crippen molar-refractivity contribution in [3.8, 4) is 0 Å². The molecule has 1 atom stereocenters. The average Bonchev–Trinajstić information content (AvgIpc) is 2.55. The summed E-state index contributed by atoms with van der Waals surface area (Å²) < 4.78 is 6.32. The lowest BCUT2D eigenvalue weighted by Gasteiger charge is -2.22. The van der Waals surface area contributed by atoms with Gasteiger partial charge >= 0.3 is 5.97 Å². The molecule has 90 valence electrons. The summed E-state index contributed by atoms with van der Waals surface area (Å²) in [4.78, 5) is 11.2. The van der Waals surface area contributed by atoms with Crippen molar-refractivity contribution in [1.82, 2.24) is 4.68 Å². The molecule has 0 saturated carbocycles. The summed E-state index contributed by atoms with van der Waals surface area (Å²) >= 11 is 0. The number of hydrogen-bond acceptors (Lipinski definition) is 4. The molecule has 0 amide bonds. The third-order valence-corrected chi connectivity index (χ3v) is 2.48. The van der Waals surface area contributed by atoms with E-state index < -0.39 is 11.6 Å². The molecule has 0 radical (unpaired) electrons. The lowest BCUT2D eigenvalue weighted by atomic mass is 10.1. The minimum absolute atomic E-state index is 0.0933. The van der Waals surface area contributed by atoms with Gasteiger partial charge in [0.1, 0.15) is 0 Å². The number of carbonyl (C=O) groups excluding carboxylic acids is 1. The van der Waals surface area contributed by atoms with Crippen molar-refractivity contribution in [1.29, 1.82) is 0 Å². The number of nitrogens with one attached hydrogen (secondary N) is 1. The number of aliphatic hydroxyl groups is 1. The largest absolute Gasteiger partial charge is 0.467 e. The molecule has 0 aromatic carbocycles. The van der Waals surface area contributed by atoms with Crippen molar-refractivity contribution < 1.29 is 14.6 Å². The first-order valence-electron chi connectivity index (χ1n) is 5.08. The second kappa shape index (κ2) is 4.57. The van der Waals surface area contributed by atoms with Crippen LogP contribution in [0.1, 0.15) is 18.3 Å². The molecule has 0 fully saturated rings. The Labute approximate surface area is 95.0 Å². The lowest BCUT2D eigenvalue weighted by Crippen LogP contribution is -2.45. The second-order valence-corrected chi connectivity index (χ2v) is 4.05. The van der Waals surface area contributed by atoms with Gasteiger partial charge in [0.2, 0.25) is 0 Å². The predicted molar refractivity (Wildman–Crippen MR) is 60.8 cm³/mol. The Morgan fingerprint density at radius 2 is 2.00 bits per heavy atom. The summed E-state index contributed by atoms with van der Waals surface area (Å²) in [6, 6.07) is 3.91. The molecule has 1 rings (SSSR count). The zero-order chi connectivity index (χ0) is 12.3. The van der Waals surface area contributed by atoms with E-state index in [9.17, 15) is 9.90 Å². The van der Waals surface area contributed by atoms with E-state index >= 15 is 0 Å². The van der Waals surface area contributed by atoms with Crippen molar-refractivity contribution in [2.45, 2.75) is 26.4 Å². The zero-order valence-corrected chi connectivity index (χ0v) is 10.1. The van der Waals surface area contributed by atoms with Crippen LogP contribution in [0.25, 0.3) is 0 Å². The highest BCUT2D eigenvalue weighted by atomic mass is 16.5. The van der Waals surface area contributed by atoms with Gasteiger partial charge in [0, 0.05) is 11.4 Å². The Hall–Kier alpha value is -1.49. The quantitative estimate of drug-likeness (QED) is 0.737. The molecule has 0 aliphatic heterocycles. The van der Waals surface area contributed by atoms with E-state index in [1.807, 2.05) is 30.7 Å². The first kappa shape index (κ1) is 12.6. The minimum atomic E-state index is -1.53. The first-order chi connectivity index (χ1) is 7.38. The predicted octanol–water partition coefficient (Wildman–Crippen LogP) is 0.572. The van der Waals surface area contributed by atoms with Gasteiger partial charge in [-0.1, -0.05) is 0 Å². The summed E-state index contributed by atoms with van der Waals surface area (Å²) in [6.07, 6.45) is 0. The van der Waals surface area contributed by atoms with E-state index in [0.717, 1.165) is 11.4 Å². The van der Waals surface area contributed by atoms with E-state index in [1.54, 1.807) is 0 Å². The Morgan fingerprint density at radius 1 is 1.50 bits per heavy atom. The highest BCUT2D eigenvalue weighted by molar-refractivity contribution is 5.79. The summed E-state index contributed by atoms with van der Waals surface area (Å²) in [5.41, 5.74) is 3.48. The fourth-order valence-electron chi connectivity index (χ4n) is 1.44. The molecule has 2 N–H and O–H groups in total. The van der Waals surface area contributed by atoms with Gasteiger partial charge in [0.25, 0.3) is 0 Å². The van der Waals surface area contributed by atoms with Crippen LogP contribution in [0.5, 0.6) is 0 Å². The number of ether oxygens (including phenoxy) is 1. The van der Waals surface area contributed by atoms with Crippen molar-refractivity contribution in [3.05, 3.63) is 23.5 Å². The van der Waals surface area contributed by atoms with Crippen LogP contribution in [-0.4, -0.2) is 35.0 Å². The maximum Gasteiger partial charge on any atom is 0.339 e. The van der Waals surface area contributed by atoms with Crippen molar-refractivity contribution >= 4 is 5.97 Å². The molecule has 1 aromatic rings. The Kier molecular flexibility index (Phi) is 3.59. The van der Waals surface area contributed by atoms with E-state index in [0.29, 0.717) is 0 Å². The Bertz CT molecular complexity index is 363. The topological polar surface area (TPSA) is 63.5 Å². The van der Waals surface area contributed by atoms with Crippen LogP contribution < -0.4 is 5.43 Å². The SMILES string of the molecule is COC(=O)C(C)(O)CNn1c(C)ccc1C. The molecule has 1 unspecified atom stereocenters. The molecule has 0 aliphatic carbocycles. The van der Waals surface area contributed by atoms with Crippen molar-refractivity contribution in [2.24, 2.45) is 0 Å². The molecule has 0 saturated heterocycles. The number of rotatable bonds is 4. The van der Waals surface area contributed by atoms with Crippen LogP contribution in [0.15, 0.2) is 12.1 Å². The molecule has 1 aromatic heterocycles. The number of methoxy groups -OCH3 is 1. The van der Waals surface area contributed by atoms with Gasteiger partial charge in [0.05, 0.1) is 13.7 Å². The van der Waals surface area contributed by atoms with E-state index in [4.69, 9.17) is 0 Å². The molecule has 1 heterocycles. The van der Waals surface area contributed by atoms with Gasteiger partial charge in [-0.05, 0) is 32.9 Å². The Morgan fingerprint density at radius 3 is 2.44 bits per heavy atom. The molecule has 16 heavy (non-hydrogen) atoms. The zero-order valence-electron chi connectivity index (χ0n) is 10.1. The van der Waals surface area contributed by atoms with Crippen LogP contribution in [0.4, 0.5) is 0 Å². The number of nitrogens with zero attached hydrogens (tertiary/aromatic N) is 1. The number of carbonyl (C=O) groups is 1. The number of aromatic nitrogens is 1. The third-order valence-electron chi connectivity index (χ3n) is 2.48. The second-order valence-electron chi connectivity index (χ2n) is 4.05. The number of hydrogen-bond donors (Lipinski definition) is 2. The number of aryl methyl sites for hydroxylation is 2. The van der Waals surface area contributed by atoms with Crippen LogP contribution >= 0.6 is 0 Å². The van der Waals surface area contributed by atoms with Crippen molar-refractivity contribution in [2.75, 3.05) is 19.1 Å². The molecule has 0 spiro atoms. The third kappa shape index (κ3) is 2.55. The summed E-state index contributed by atoms with van der Waals surface area (Å²) in [7, 11) is 1.25. The highest BCUT2D eigenvalue weighted by Crippen LogP contribution is 2.08. The molecule has 5 heteroatoms. The van der Waals surface area contributed by atoms with E-state index in [1.165, 1.54) is 14.0 Å². The standard InChI is InChI=1S/C11H18N2O3/c1-8-5-6-9(2)13(8)12-7-11(3,15)10(14)16-4/h5-6,12,15H,7H2,1-4H3. The molecule has 0 bridgehead atoms. The van der Waals surface area contributed by atoms with Gasteiger partial charge in [0.15, 0.2) is 5.60 Å². The van der Waals surface area contributed by atoms with Crippen LogP contribution in [0.3, 0.4) is 0 Å². The monoisotopic (exact) mass is 226 g/mol. The van der Waals surface area contributed by atoms with Gasteiger partial charge in [-0.3, -0.25) is 4.68 Å². The van der Waals surface area contributed by atoms with Gasteiger partial charge in [-0.25, -0.2) is 4.79 Å². The van der Waals surface area contributed by atoms with Gasteiger partial charge in [-0.2, -0.15) is 0 Å². The molecule has 0 aliphatic rings. The van der Waals surface area contributed by atoms with E-state index in [2.05, 4.69) is 10.2 Å². The van der Waals surface area contributed by atoms with Gasteiger partial charge in [-0.15, -0.1) is 0 Å². The maximum atomic E-state index is 11.2. The first-order valence-corrected chi connectivity index (χ1v) is 5.08. The average molecular weight is 226 g/mol.